The van der Waals surface area contributed by atoms with Crippen molar-refractivity contribution in [2.75, 3.05) is 0 Å². The zero-order valence-corrected chi connectivity index (χ0v) is 11.9. The average molecular weight is 260 g/mol. The highest BCUT2D eigenvalue weighted by molar-refractivity contribution is 5.74. The van der Waals surface area contributed by atoms with E-state index in [1.54, 1.807) is 0 Å². The van der Waals surface area contributed by atoms with Gasteiger partial charge >= 0.3 is 6.03 Å². The lowest BCUT2D eigenvalue weighted by Crippen LogP contribution is -2.44. The van der Waals surface area contributed by atoms with E-state index < -0.39 is 0 Å². The van der Waals surface area contributed by atoms with Gasteiger partial charge in [-0.1, -0.05) is 50.1 Å². The molecule has 3 atom stereocenters. The highest BCUT2D eigenvalue weighted by Crippen LogP contribution is 2.23. The zero-order valence-electron chi connectivity index (χ0n) is 11.9. The fraction of sp³-hybridized carbons (Fsp3) is 0.562. The SMILES string of the molecule is CC1CCCC(NC(=O)NC(C)c2ccccc2)C1. The van der Waals surface area contributed by atoms with E-state index in [0.29, 0.717) is 6.04 Å². The molecule has 0 bridgehead atoms. The molecule has 0 aromatic heterocycles. The summed E-state index contributed by atoms with van der Waals surface area (Å²) in [4.78, 5) is 12.0. The van der Waals surface area contributed by atoms with Crippen molar-refractivity contribution in [3.8, 4) is 0 Å². The van der Waals surface area contributed by atoms with Crippen LogP contribution in [0.1, 0.15) is 51.1 Å². The third-order valence-electron chi connectivity index (χ3n) is 3.92. The molecule has 2 amide bonds. The van der Waals surface area contributed by atoms with Crippen molar-refractivity contribution in [2.24, 2.45) is 5.92 Å². The molecule has 1 aliphatic rings. The molecule has 0 aliphatic heterocycles. The third-order valence-corrected chi connectivity index (χ3v) is 3.92. The van der Waals surface area contributed by atoms with Gasteiger partial charge in [0.2, 0.25) is 0 Å². The number of nitrogens with one attached hydrogen (secondary N) is 2. The molecule has 2 rings (SSSR count). The molecule has 1 aromatic rings. The number of amides is 2. The van der Waals surface area contributed by atoms with Crippen molar-refractivity contribution in [1.82, 2.24) is 10.6 Å². The number of benzene rings is 1. The topological polar surface area (TPSA) is 41.1 Å². The lowest BCUT2D eigenvalue weighted by atomic mass is 9.87. The van der Waals surface area contributed by atoms with Crippen LogP contribution in [0.4, 0.5) is 4.79 Å². The van der Waals surface area contributed by atoms with Gasteiger partial charge in [-0.15, -0.1) is 0 Å². The van der Waals surface area contributed by atoms with Crippen LogP contribution in [0.2, 0.25) is 0 Å². The van der Waals surface area contributed by atoms with Crippen molar-refractivity contribution in [1.29, 1.82) is 0 Å². The molecule has 0 saturated heterocycles. The Bertz CT molecular complexity index is 404. The summed E-state index contributed by atoms with van der Waals surface area (Å²) in [5.41, 5.74) is 1.13. The Morgan fingerprint density at radius 2 is 2.00 bits per heavy atom. The van der Waals surface area contributed by atoms with E-state index in [1.807, 2.05) is 37.3 Å². The first-order valence-corrected chi connectivity index (χ1v) is 7.27. The Morgan fingerprint density at radius 1 is 1.26 bits per heavy atom. The normalized spacial score (nSPS) is 24.5. The van der Waals surface area contributed by atoms with Gasteiger partial charge in [0.05, 0.1) is 6.04 Å². The standard InChI is InChI=1S/C16H24N2O/c1-12-7-6-10-15(11-12)18-16(19)17-13(2)14-8-4-3-5-9-14/h3-5,8-9,12-13,15H,6-7,10-11H2,1-2H3,(H2,17,18,19). The average Bonchev–Trinajstić information content (AvgIpc) is 2.39. The van der Waals surface area contributed by atoms with Gasteiger partial charge in [0, 0.05) is 6.04 Å². The highest BCUT2D eigenvalue weighted by Gasteiger charge is 2.20. The van der Waals surface area contributed by atoms with Crippen LogP contribution in [0.25, 0.3) is 0 Å². The number of carbonyl (C=O) groups is 1. The molecule has 19 heavy (non-hydrogen) atoms. The van der Waals surface area contributed by atoms with Gasteiger partial charge in [-0.05, 0) is 31.2 Å². The Hall–Kier alpha value is -1.51. The Morgan fingerprint density at radius 3 is 2.68 bits per heavy atom. The molecule has 2 N–H and O–H groups in total. The summed E-state index contributed by atoms with van der Waals surface area (Å²) in [6, 6.07) is 10.4. The minimum Gasteiger partial charge on any atom is -0.335 e. The van der Waals surface area contributed by atoms with Gasteiger partial charge in [0.15, 0.2) is 0 Å². The van der Waals surface area contributed by atoms with Crippen LogP contribution in [0.15, 0.2) is 30.3 Å². The van der Waals surface area contributed by atoms with Crippen molar-refractivity contribution in [2.45, 2.75) is 51.6 Å². The minimum absolute atomic E-state index is 0.0437. The first-order chi connectivity index (χ1) is 9.15. The van der Waals surface area contributed by atoms with Gasteiger partial charge in [-0.25, -0.2) is 4.79 Å². The zero-order chi connectivity index (χ0) is 13.7. The molecule has 0 spiro atoms. The van der Waals surface area contributed by atoms with Gasteiger partial charge < -0.3 is 10.6 Å². The van der Waals surface area contributed by atoms with Crippen molar-refractivity contribution in [3.63, 3.8) is 0 Å². The molecular weight excluding hydrogens is 236 g/mol. The van der Waals surface area contributed by atoms with E-state index in [0.717, 1.165) is 24.3 Å². The number of hydrogen-bond acceptors (Lipinski definition) is 1. The molecule has 1 aromatic carbocycles. The first kappa shape index (κ1) is 13.9. The van der Waals surface area contributed by atoms with E-state index in [-0.39, 0.29) is 12.1 Å². The second-order valence-corrected chi connectivity index (χ2v) is 5.72. The largest absolute Gasteiger partial charge is 0.335 e. The van der Waals surface area contributed by atoms with Gasteiger partial charge in [0.1, 0.15) is 0 Å². The Kier molecular flexibility index (Phi) is 4.83. The molecule has 3 heteroatoms. The number of rotatable bonds is 3. The molecule has 1 aliphatic carbocycles. The summed E-state index contributed by atoms with van der Waals surface area (Å²) in [5, 5.41) is 6.11. The summed E-state index contributed by atoms with van der Waals surface area (Å²) in [6.07, 6.45) is 4.73. The van der Waals surface area contributed by atoms with E-state index in [2.05, 4.69) is 17.6 Å². The second-order valence-electron chi connectivity index (χ2n) is 5.72. The van der Waals surface area contributed by atoms with Crippen LogP contribution >= 0.6 is 0 Å². The van der Waals surface area contributed by atoms with Crippen LogP contribution in [0, 0.1) is 5.92 Å². The lowest BCUT2D eigenvalue weighted by molar-refractivity contribution is 0.224. The lowest BCUT2D eigenvalue weighted by Gasteiger charge is -2.28. The molecule has 0 radical (unpaired) electrons. The first-order valence-electron chi connectivity index (χ1n) is 7.27. The molecule has 1 fully saturated rings. The molecule has 3 nitrogen and oxygen atoms in total. The quantitative estimate of drug-likeness (QED) is 0.856. The van der Waals surface area contributed by atoms with E-state index in [4.69, 9.17) is 0 Å². The van der Waals surface area contributed by atoms with Crippen LogP contribution in [-0.2, 0) is 0 Å². The van der Waals surface area contributed by atoms with Gasteiger partial charge in [0.25, 0.3) is 0 Å². The maximum absolute atomic E-state index is 12.0. The van der Waals surface area contributed by atoms with Crippen LogP contribution in [0.3, 0.4) is 0 Å². The maximum atomic E-state index is 12.0. The summed E-state index contributed by atoms with van der Waals surface area (Å²) in [5.74, 6) is 0.727. The monoisotopic (exact) mass is 260 g/mol. The van der Waals surface area contributed by atoms with Crippen molar-refractivity contribution >= 4 is 6.03 Å². The summed E-state index contributed by atoms with van der Waals surface area (Å²) < 4.78 is 0. The Balaban J connectivity index is 1.81. The summed E-state index contributed by atoms with van der Waals surface area (Å²) in [6.45, 7) is 4.27. The predicted molar refractivity (Wildman–Crippen MR) is 77.9 cm³/mol. The number of hydrogen-bond donors (Lipinski definition) is 2. The molecule has 104 valence electrons. The summed E-state index contributed by atoms with van der Waals surface area (Å²) >= 11 is 0. The highest BCUT2D eigenvalue weighted by atomic mass is 16.2. The maximum Gasteiger partial charge on any atom is 0.315 e. The molecule has 0 heterocycles. The fourth-order valence-corrected chi connectivity index (χ4v) is 2.81. The van der Waals surface area contributed by atoms with Crippen LogP contribution in [-0.4, -0.2) is 12.1 Å². The Labute approximate surface area is 115 Å². The molecular formula is C16H24N2O. The fourth-order valence-electron chi connectivity index (χ4n) is 2.81. The molecule has 1 saturated carbocycles. The summed E-state index contributed by atoms with van der Waals surface area (Å²) in [7, 11) is 0. The van der Waals surface area contributed by atoms with Crippen LogP contribution < -0.4 is 10.6 Å². The predicted octanol–water partition coefficient (Wildman–Crippen LogP) is 3.63. The van der Waals surface area contributed by atoms with Gasteiger partial charge in [-0.2, -0.15) is 0 Å². The van der Waals surface area contributed by atoms with E-state index in [1.165, 1.54) is 12.8 Å². The van der Waals surface area contributed by atoms with Gasteiger partial charge in [-0.3, -0.25) is 0 Å². The number of urea groups is 1. The minimum atomic E-state index is -0.0459. The van der Waals surface area contributed by atoms with Crippen molar-refractivity contribution < 1.29 is 4.79 Å². The van der Waals surface area contributed by atoms with E-state index in [9.17, 15) is 4.79 Å². The number of carbonyl (C=O) groups excluding carboxylic acids is 1. The van der Waals surface area contributed by atoms with E-state index >= 15 is 0 Å². The second kappa shape index (κ2) is 6.60. The smallest absolute Gasteiger partial charge is 0.315 e. The van der Waals surface area contributed by atoms with Crippen molar-refractivity contribution in [3.05, 3.63) is 35.9 Å². The molecule has 3 unspecified atom stereocenters. The third kappa shape index (κ3) is 4.27. The van der Waals surface area contributed by atoms with Crippen LogP contribution in [0.5, 0.6) is 0 Å².